The Morgan fingerprint density at radius 1 is 1.11 bits per heavy atom. The Morgan fingerprint density at radius 3 is 1.78 bits per heavy atom. The smallest absolute Gasteiger partial charge is 0.337 e. The number of rotatable bonds is 4. The van der Waals surface area contributed by atoms with Crippen LogP contribution >= 0.6 is 0 Å². The van der Waals surface area contributed by atoms with Crippen molar-refractivity contribution >= 4 is 27.6 Å². The number of hydrogen-bond acceptors (Lipinski definition) is 4. The van der Waals surface area contributed by atoms with Crippen LogP contribution in [0.1, 0.15) is 20.7 Å². The van der Waals surface area contributed by atoms with Gasteiger partial charge in [-0.25, -0.2) is 18.0 Å². The zero-order valence-electron chi connectivity index (χ0n) is 9.61. The lowest BCUT2D eigenvalue weighted by Gasteiger charge is -2.20. The molecule has 0 bridgehead atoms. The lowest BCUT2D eigenvalue weighted by atomic mass is 10.1. The highest BCUT2D eigenvalue weighted by atomic mass is 32.2. The summed E-state index contributed by atoms with van der Waals surface area (Å²) in [4.78, 5) is 22.0. The Balaban J connectivity index is 3.66. The number of carboxylic acids is 2. The molecule has 0 unspecified atom stereocenters. The number of benzene rings is 1. The van der Waals surface area contributed by atoms with Gasteiger partial charge in [-0.05, 0) is 12.1 Å². The third-order valence-electron chi connectivity index (χ3n) is 2.31. The van der Waals surface area contributed by atoms with E-state index < -0.39 is 22.0 Å². The van der Waals surface area contributed by atoms with Crippen LogP contribution < -0.4 is 4.31 Å². The van der Waals surface area contributed by atoms with Gasteiger partial charge in [0.15, 0.2) is 0 Å². The van der Waals surface area contributed by atoms with Crippen molar-refractivity contribution in [2.24, 2.45) is 0 Å². The first kappa shape index (κ1) is 14.0. The Kier molecular flexibility index (Phi) is 3.61. The van der Waals surface area contributed by atoms with Crippen molar-refractivity contribution < 1.29 is 28.2 Å². The van der Waals surface area contributed by atoms with Crippen molar-refractivity contribution in [1.29, 1.82) is 0 Å². The Bertz CT molecular complexity index is 575. The Labute approximate surface area is 103 Å². The molecular weight excluding hydrogens is 262 g/mol. The minimum Gasteiger partial charge on any atom is -0.478 e. The average Bonchev–Trinajstić information content (AvgIpc) is 2.25. The monoisotopic (exact) mass is 273 g/mol. The zero-order chi connectivity index (χ0) is 14.1. The first-order chi connectivity index (χ1) is 8.16. The molecule has 7 nitrogen and oxygen atoms in total. The van der Waals surface area contributed by atoms with Gasteiger partial charge >= 0.3 is 11.9 Å². The van der Waals surface area contributed by atoms with E-state index >= 15 is 0 Å². The van der Waals surface area contributed by atoms with Gasteiger partial charge in [0, 0.05) is 7.05 Å². The molecule has 18 heavy (non-hydrogen) atoms. The largest absolute Gasteiger partial charge is 0.478 e. The van der Waals surface area contributed by atoms with Gasteiger partial charge in [0.1, 0.15) is 0 Å². The second-order valence-electron chi connectivity index (χ2n) is 3.54. The van der Waals surface area contributed by atoms with Crippen LogP contribution in [0.2, 0.25) is 0 Å². The topological polar surface area (TPSA) is 112 Å². The molecule has 0 aliphatic heterocycles. The number of para-hydroxylation sites is 1. The lowest BCUT2D eigenvalue weighted by Crippen LogP contribution is -2.28. The molecule has 0 amide bonds. The zero-order valence-corrected chi connectivity index (χ0v) is 10.4. The summed E-state index contributed by atoms with van der Waals surface area (Å²) in [6, 6.07) is 3.53. The molecule has 2 N–H and O–H groups in total. The highest BCUT2D eigenvalue weighted by Crippen LogP contribution is 2.26. The summed E-state index contributed by atoms with van der Waals surface area (Å²) in [7, 11) is -2.66. The fourth-order valence-corrected chi connectivity index (χ4v) is 1.92. The van der Waals surface area contributed by atoms with Gasteiger partial charge in [0.05, 0.1) is 23.1 Å². The van der Waals surface area contributed by atoms with Crippen LogP contribution in [-0.4, -0.2) is 43.9 Å². The highest BCUT2D eigenvalue weighted by Gasteiger charge is 2.25. The molecule has 0 aliphatic carbocycles. The van der Waals surface area contributed by atoms with Crippen LogP contribution in [-0.2, 0) is 10.0 Å². The molecular formula is C10H11NO6S. The van der Waals surface area contributed by atoms with E-state index in [2.05, 4.69) is 0 Å². The molecule has 0 saturated heterocycles. The molecule has 0 fully saturated rings. The molecule has 1 aromatic carbocycles. The highest BCUT2D eigenvalue weighted by molar-refractivity contribution is 7.92. The van der Waals surface area contributed by atoms with E-state index in [-0.39, 0.29) is 16.8 Å². The van der Waals surface area contributed by atoms with Crippen molar-refractivity contribution in [3.8, 4) is 0 Å². The lowest BCUT2D eigenvalue weighted by molar-refractivity contribution is 0.0696. The molecule has 0 aromatic heterocycles. The fourth-order valence-electron chi connectivity index (χ4n) is 1.39. The fraction of sp³-hybridized carbons (Fsp3) is 0.200. The summed E-state index contributed by atoms with van der Waals surface area (Å²) in [6.45, 7) is 0. The maximum atomic E-state index is 11.4. The van der Waals surface area contributed by atoms with Gasteiger partial charge in [0.2, 0.25) is 10.0 Å². The van der Waals surface area contributed by atoms with E-state index in [1.807, 2.05) is 0 Å². The van der Waals surface area contributed by atoms with E-state index in [0.29, 0.717) is 4.31 Å². The van der Waals surface area contributed by atoms with Crippen molar-refractivity contribution in [3.63, 3.8) is 0 Å². The average molecular weight is 273 g/mol. The molecule has 0 saturated carbocycles. The van der Waals surface area contributed by atoms with Crippen LogP contribution in [0.5, 0.6) is 0 Å². The molecule has 0 radical (unpaired) electrons. The quantitative estimate of drug-likeness (QED) is 0.825. The van der Waals surface area contributed by atoms with Gasteiger partial charge in [-0.1, -0.05) is 6.07 Å². The number of nitrogens with zero attached hydrogens (tertiary/aromatic N) is 1. The number of sulfonamides is 1. The predicted octanol–water partition coefficient (Wildman–Crippen LogP) is 0.479. The van der Waals surface area contributed by atoms with Gasteiger partial charge in [-0.2, -0.15) is 0 Å². The molecule has 98 valence electrons. The number of hydrogen-bond donors (Lipinski definition) is 2. The molecule has 8 heteroatoms. The summed E-state index contributed by atoms with van der Waals surface area (Å²) >= 11 is 0. The van der Waals surface area contributed by atoms with Crippen LogP contribution in [0.4, 0.5) is 5.69 Å². The molecule has 0 aliphatic rings. The van der Waals surface area contributed by atoms with E-state index in [0.717, 1.165) is 25.4 Å². The normalized spacial score (nSPS) is 11.0. The van der Waals surface area contributed by atoms with E-state index in [1.165, 1.54) is 6.07 Å². The summed E-state index contributed by atoms with van der Waals surface area (Å²) in [5.74, 6) is -2.80. The third kappa shape index (κ3) is 2.59. The molecule has 1 rings (SSSR count). The van der Waals surface area contributed by atoms with Gasteiger partial charge in [0.25, 0.3) is 0 Å². The standard InChI is InChI=1S/C10H11NO6S/c1-11(18(2,16)17)8-6(9(12)13)4-3-5-7(8)10(14)15/h3-5H,1-2H3,(H,12,13)(H,14,15). The van der Waals surface area contributed by atoms with Gasteiger partial charge < -0.3 is 10.2 Å². The minimum atomic E-state index is -3.76. The number of carbonyl (C=O) groups is 2. The predicted molar refractivity (Wildman–Crippen MR) is 63.6 cm³/mol. The van der Waals surface area contributed by atoms with Crippen LogP contribution in [0.25, 0.3) is 0 Å². The van der Waals surface area contributed by atoms with E-state index in [4.69, 9.17) is 10.2 Å². The van der Waals surface area contributed by atoms with E-state index in [9.17, 15) is 18.0 Å². The molecule has 1 aromatic rings. The Morgan fingerprint density at radius 2 is 1.50 bits per heavy atom. The van der Waals surface area contributed by atoms with Gasteiger partial charge in [-0.3, -0.25) is 4.31 Å². The maximum absolute atomic E-state index is 11.4. The van der Waals surface area contributed by atoms with Crippen LogP contribution in [0.3, 0.4) is 0 Å². The first-order valence-electron chi connectivity index (χ1n) is 4.69. The maximum Gasteiger partial charge on any atom is 0.337 e. The first-order valence-corrected chi connectivity index (χ1v) is 6.54. The van der Waals surface area contributed by atoms with E-state index in [1.54, 1.807) is 0 Å². The third-order valence-corrected chi connectivity index (χ3v) is 3.49. The van der Waals surface area contributed by atoms with Crippen molar-refractivity contribution in [3.05, 3.63) is 29.3 Å². The minimum absolute atomic E-state index is 0.361. The van der Waals surface area contributed by atoms with Crippen LogP contribution in [0, 0.1) is 0 Å². The Hall–Kier alpha value is -2.09. The van der Waals surface area contributed by atoms with Crippen molar-refractivity contribution in [1.82, 2.24) is 0 Å². The summed E-state index contributed by atoms with van der Waals surface area (Å²) in [5.41, 5.74) is -1.13. The second-order valence-corrected chi connectivity index (χ2v) is 5.56. The van der Waals surface area contributed by atoms with Crippen LogP contribution in [0.15, 0.2) is 18.2 Å². The second kappa shape index (κ2) is 4.65. The summed E-state index contributed by atoms with van der Waals surface area (Å²) in [5, 5.41) is 17.9. The summed E-state index contributed by atoms with van der Waals surface area (Å²) < 4.78 is 23.5. The SMILES string of the molecule is CN(c1c(C(=O)O)cccc1C(=O)O)S(C)(=O)=O. The molecule has 0 spiro atoms. The van der Waals surface area contributed by atoms with Crippen molar-refractivity contribution in [2.45, 2.75) is 0 Å². The number of aromatic carboxylic acids is 2. The molecule has 0 atom stereocenters. The van der Waals surface area contributed by atoms with Crippen molar-refractivity contribution in [2.75, 3.05) is 17.6 Å². The number of carboxylic acid groups (broad SMARTS) is 2. The van der Waals surface area contributed by atoms with Gasteiger partial charge in [-0.15, -0.1) is 0 Å². The number of anilines is 1. The molecule has 0 heterocycles. The summed E-state index contributed by atoms with van der Waals surface area (Å²) in [6.07, 6.45) is 0.858.